The normalized spacial score (nSPS) is 18.8. The van der Waals surface area contributed by atoms with Gasteiger partial charge in [0.2, 0.25) is 5.91 Å². The molecule has 0 aliphatic carbocycles. The molecule has 0 bridgehead atoms. The Morgan fingerprint density at radius 3 is 3.05 bits per heavy atom. The number of nitrogens with two attached hydrogens (primary N) is 1. The first-order valence-corrected chi connectivity index (χ1v) is 7.21. The van der Waals surface area contributed by atoms with E-state index in [1.165, 1.54) is 5.56 Å². The minimum absolute atomic E-state index is 0.168. The lowest BCUT2D eigenvalue weighted by Crippen LogP contribution is -2.32. The van der Waals surface area contributed by atoms with E-state index in [1.54, 1.807) is 0 Å². The zero-order valence-electron chi connectivity index (χ0n) is 12.4. The van der Waals surface area contributed by atoms with E-state index >= 15 is 0 Å². The fourth-order valence-electron chi connectivity index (χ4n) is 2.79. The van der Waals surface area contributed by atoms with Crippen molar-refractivity contribution in [2.24, 2.45) is 5.73 Å². The Morgan fingerprint density at radius 1 is 1.55 bits per heavy atom. The monoisotopic (exact) mass is 276 g/mol. The van der Waals surface area contributed by atoms with Crippen LogP contribution in [0.1, 0.15) is 36.6 Å². The maximum absolute atomic E-state index is 12.1. The number of amides is 1. The molecule has 1 aliphatic rings. The molecule has 5 heteroatoms. The van der Waals surface area contributed by atoms with Crippen LogP contribution in [0.2, 0.25) is 0 Å². The van der Waals surface area contributed by atoms with E-state index in [-0.39, 0.29) is 11.9 Å². The van der Waals surface area contributed by atoms with Crippen molar-refractivity contribution in [3.05, 3.63) is 29.6 Å². The molecule has 2 rings (SSSR count). The molecule has 0 aromatic carbocycles. The molecule has 1 saturated heterocycles. The van der Waals surface area contributed by atoms with Crippen LogP contribution in [0.4, 0.5) is 0 Å². The summed E-state index contributed by atoms with van der Waals surface area (Å²) in [6.07, 6.45) is 4.37. The van der Waals surface area contributed by atoms with Crippen LogP contribution >= 0.6 is 0 Å². The highest BCUT2D eigenvalue weighted by atomic mass is 16.2. The number of rotatable bonds is 5. The second-order valence-corrected chi connectivity index (χ2v) is 5.60. The molecule has 1 unspecified atom stereocenters. The minimum atomic E-state index is 0.168. The first kappa shape index (κ1) is 14.9. The van der Waals surface area contributed by atoms with Crippen LogP contribution in [0.5, 0.6) is 0 Å². The number of aromatic nitrogens is 1. The molecule has 1 aromatic rings. The predicted octanol–water partition coefficient (Wildman–Crippen LogP) is 1.16. The van der Waals surface area contributed by atoms with Gasteiger partial charge in [-0.25, -0.2) is 0 Å². The second kappa shape index (κ2) is 6.81. The number of carbonyl (C=O) groups excluding carboxylic acids is 1. The molecule has 1 atom stereocenters. The van der Waals surface area contributed by atoms with E-state index in [2.05, 4.69) is 16.0 Å². The van der Waals surface area contributed by atoms with Gasteiger partial charge in [-0.2, -0.15) is 0 Å². The van der Waals surface area contributed by atoms with E-state index in [0.29, 0.717) is 13.0 Å². The minimum Gasteiger partial charge on any atom is -0.336 e. The fourth-order valence-corrected chi connectivity index (χ4v) is 2.79. The zero-order chi connectivity index (χ0) is 14.5. The summed E-state index contributed by atoms with van der Waals surface area (Å²) >= 11 is 0. The van der Waals surface area contributed by atoms with Crippen LogP contribution in [0.25, 0.3) is 0 Å². The van der Waals surface area contributed by atoms with Crippen LogP contribution in [-0.4, -0.2) is 47.9 Å². The van der Waals surface area contributed by atoms with E-state index in [9.17, 15) is 4.79 Å². The molecular formula is C15H24N4O. The number of likely N-dealkylation sites (tertiary alicyclic amines) is 1. The fraction of sp³-hybridized carbons (Fsp3) is 0.600. The van der Waals surface area contributed by atoms with Gasteiger partial charge < -0.3 is 15.5 Å². The summed E-state index contributed by atoms with van der Waals surface area (Å²) in [5.74, 6) is 0.168. The summed E-state index contributed by atoms with van der Waals surface area (Å²) in [7, 11) is 4.06. The Kier molecular flexibility index (Phi) is 5.09. The number of hydrogen-bond acceptors (Lipinski definition) is 4. The molecule has 0 saturated carbocycles. The highest BCUT2D eigenvalue weighted by molar-refractivity contribution is 5.77. The van der Waals surface area contributed by atoms with Gasteiger partial charge >= 0.3 is 0 Å². The summed E-state index contributed by atoms with van der Waals surface area (Å²) in [5, 5.41) is 0. The Hall–Kier alpha value is -1.46. The van der Waals surface area contributed by atoms with Crippen molar-refractivity contribution in [2.45, 2.75) is 31.8 Å². The van der Waals surface area contributed by atoms with E-state index in [0.717, 1.165) is 31.6 Å². The molecule has 1 amide bonds. The number of nitrogens with zero attached hydrogens (tertiary/aromatic N) is 3. The smallest absolute Gasteiger partial charge is 0.224 e. The Labute approximate surface area is 120 Å². The number of pyridine rings is 1. The molecular weight excluding hydrogens is 252 g/mol. The third kappa shape index (κ3) is 3.55. The highest BCUT2D eigenvalue weighted by Crippen LogP contribution is 2.32. The summed E-state index contributed by atoms with van der Waals surface area (Å²) < 4.78 is 0. The molecule has 2 heterocycles. The molecule has 0 radical (unpaired) electrons. The Balaban J connectivity index is 2.15. The van der Waals surface area contributed by atoms with Gasteiger partial charge in [-0.05, 0) is 44.6 Å². The van der Waals surface area contributed by atoms with Crippen molar-refractivity contribution < 1.29 is 4.79 Å². The lowest BCUT2D eigenvalue weighted by molar-refractivity contribution is -0.131. The van der Waals surface area contributed by atoms with Crippen molar-refractivity contribution in [1.82, 2.24) is 14.8 Å². The topological polar surface area (TPSA) is 62.5 Å². The maximum Gasteiger partial charge on any atom is 0.224 e. The summed E-state index contributed by atoms with van der Waals surface area (Å²) in [6.45, 7) is 2.08. The first-order valence-electron chi connectivity index (χ1n) is 7.21. The standard InChI is InChI=1S/C15H24N4O/c1-18(2)11-13-10-12(6-8-17-13)14-4-3-9-19(14)15(20)5-7-16/h6,8,10,14H,3-5,7,9,11,16H2,1-2H3. The second-order valence-electron chi connectivity index (χ2n) is 5.60. The molecule has 1 fully saturated rings. The van der Waals surface area contributed by atoms with Crippen molar-refractivity contribution in [3.8, 4) is 0 Å². The van der Waals surface area contributed by atoms with Gasteiger partial charge in [0, 0.05) is 32.3 Å². The van der Waals surface area contributed by atoms with Crippen LogP contribution in [0.3, 0.4) is 0 Å². The van der Waals surface area contributed by atoms with Gasteiger partial charge in [-0.1, -0.05) is 0 Å². The van der Waals surface area contributed by atoms with Gasteiger partial charge in [0.15, 0.2) is 0 Å². The van der Waals surface area contributed by atoms with Crippen molar-refractivity contribution >= 4 is 5.91 Å². The van der Waals surface area contributed by atoms with E-state index in [1.807, 2.05) is 31.3 Å². The lowest BCUT2D eigenvalue weighted by atomic mass is 10.0. The maximum atomic E-state index is 12.1. The molecule has 20 heavy (non-hydrogen) atoms. The van der Waals surface area contributed by atoms with Gasteiger partial charge in [0.25, 0.3) is 0 Å². The largest absolute Gasteiger partial charge is 0.336 e. The lowest BCUT2D eigenvalue weighted by Gasteiger charge is -2.25. The van der Waals surface area contributed by atoms with Crippen LogP contribution in [0, 0.1) is 0 Å². The van der Waals surface area contributed by atoms with Crippen LogP contribution < -0.4 is 5.73 Å². The SMILES string of the molecule is CN(C)Cc1cc(C2CCCN2C(=O)CCN)ccn1. The van der Waals surface area contributed by atoms with Crippen molar-refractivity contribution in [1.29, 1.82) is 0 Å². The average molecular weight is 276 g/mol. The zero-order valence-corrected chi connectivity index (χ0v) is 12.4. The summed E-state index contributed by atoms with van der Waals surface area (Å²) in [6, 6.07) is 4.34. The van der Waals surface area contributed by atoms with Gasteiger partial charge in [0.05, 0.1) is 11.7 Å². The quantitative estimate of drug-likeness (QED) is 0.876. The highest BCUT2D eigenvalue weighted by Gasteiger charge is 2.29. The first-order chi connectivity index (χ1) is 9.61. The number of hydrogen-bond donors (Lipinski definition) is 1. The predicted molar refractivity (Wildman–Crippen MR) is 79.0 cm³/mol. The molecule has 2 N–H and O–H groups in total. The summed E-state index contributed by atoms with van der Waals surface area (Å²) in [4.78, 5) is 20.6. The third-order valence-corrected chi connectivity index (χ3v) is 3.63. The van der Waals surface area contributed by atoms with Crippen molar-refractivity contribution in [2.75, 3.05) is 27.2 Å². The van der Waals surface area contributed by atoms with Crippen LogP contribution in [-0.2, 0) is 11.3 Å². The average Bonchev–Trinajstić information content (AvgIpc) is 2.87. The molecule has 1 aromatic heterocycles. The van der Waals surface area contributed by atoms with Gasteiger partial charge in [-0.15, -0.1) is 0 Å². The molecule has 0 spiro atoms. The Bertz CT molecular complexity index is 461. The summed E-state index contributed by atoms with van der Waals surface area (Å²) in [5.41, 5.74) is 7.74. The van der Waals surface area contributed by atoms with Crippen molar-refractivity contribution in [3.63, 3.8) is 0 Å². The molecule has 110 valence electrons. The van der Waals surface area contributed by atoms with E-state index < -0.39 is 0 Å². The Morgan fingerprint density at radius 2 is 2.35 bits per heavy atom. The third-order valence-electron chi connectivity index (χ3n) is 3.63. The van der Waals surface area contributed by atoms with Gasteiger partial charge in [0.1, 0.15) is 0 Å². The number of carbonyl (C=O) groups is 1. The van der Waals surface area contributed by atoms with Crippen LogP contribution in [0.15, 0.2) is 18.3 Å². The molecule has 1 aliphatic heterocycles. The van der Waals surface area contributed by atoms with Gasteiger partial charge in [-0.3, -0.25) is 9.78 Å². The van der Waals surface area contributed by atoms with E-state index in [4.69, 9.17) is 5.73 Å². The molecule has 5 nitrogen and oxygen atoms in total.